The maximum absolute atomic E-state index is 12.0. The van der Waals surface area contributed by atoms with E-state index in [0.29, 0.717) is 6.07 Å². The minimum absolute atomic E-state index is 0.00137. The van der Waals surface area contributed by atoms with Gasteiger partial charge in [0, 0.05) is 6.07 Å². The van der Waals surface area contributed by atoms with Crippen LogP contribution in [-0.4, -0.2) is 29.5 Å². The van der Waals surface area contributed by atoms with Crippen molar-refractivity contribution >= 4 is 28.6 Å². The molecular formula is C8H5F3INO4. The van der Waals surface area contributed by atoms with Crippen molar-refractivity contribution in [1.82, 2.24) is 4.98 Å². The third-order valence-corrected chi connectivity index (χ3v) is 2.38. The standard InChI is InChI=1S/C8H5F3INO4/c1-16-6-4(17-8(9,10)11)2-3(7(14)15)5(12)13-6/h2H,1H3,(H,14,15). The minimum Gasteiger partial charge on any atom is -0.478 e. The van der Waals surface area contributed by atoms with Crippen LogP contribution in [0.4, 0.5) is 13.2 Å². The molecule has 0 aliphatic heterocycles. The predicted molar refractivity (Wildman–Crippen MR) is 57.1 cm³/mol. The lowest BCUT2D eigenvalue weighted by Gasteiger charge is -2.12. The van der Waals surface area contributed by atoms with Crippen molar-refractivity contribution in [3.05, 3.63) is 15.3 Å². The lowest BCUT2D eigenvalue weighted by Crippen LogP contribution is -2.18. The zero-order valence-corrected chi connectivity index (χ0v) is 10.4. The van der Waals surface area contributed by atoms with E-state index in [1.165, 1.54) is 0 Å². The van der Waals surface area contributed by atoms with Crippen molar-refractivity contribution in [3.8, 4) is 11.6 Å². The number of aromatic nitrogens is 1. The van der Waals surface area contributed by atoms with Crippen LogP contribution in [0.1, 0.15) is 10.4 Å². The van der Waals surface area contributed by atoms with E-state index in [9.17, 15) is 18.0 Å². The topological polar surface area (TPSA) is 68.7 Å². The zero-order valence-electron chi connectivity index (χ0n) is 8.21. The second-order valence-electron chi connectivity index (χ2n) is 2.69. The lowest BCUT2D eigenvalue weighted by atomic mass is 10.3. The summed E-state index contributed by atoms with van der Waals surface area (Å²) in [4.78, 5) is 14.3. The van der Waals surface area contributed by atoms with Crippen LogP contribution in [-0.2, 0) is 0 Å². The van der Waals surface area contributed by atoms with Gasteiger partial charge >= 0.3 is 12.3 Å². The summed E-state index contributed by atoms with van der Waals surface area (Å²) in [6, 6.07) is 0.712. The van der Waals surface area contributed by atoms with Crippen LogP contribution < -0.4 is 9.47 Å². The summed E-state index contributed by atoms with van der Waals surface area (Å²) in [5.74, 6) is -2.63. The van der Waals surface area contributed by atoms with E-state index in [4.69, 9.17) is 5.11 Å². The van der Waals surface area contributed by atoms with E-state index >= 15 is 0 Å². The molecule has 0 unspecified atom stereocenters. The fourth-order valence-electron chi connectivity index (χ4n) is 0.951. The van der Waals surface area contributed by atoms with Gasteiger partial charge in [0.05, 0.1) is 12.7 Å². The van der Waals surface area contributed by atoms with Gasteiger partial charge in [0.2, 0.25) is 0 Å². The third-order valence-electron chi connectivity index (χ3n) is 1.56. The van der Waals surface area contributed by atoms with Crippen molar-refractivity contribution in [2.45, 2.75) is 6.36 Å². The largest absolute Gasteiger partial charge is 0.573 e. The molecule has 1 heterocycles. The molecule has 17 heavy (non-hydrogen) atoms. The summed E-state index contributed by atoms with van der Waals surface area (Å²) in [6.07, 6.45) is -4.95. The fourth-order valence-corrected chi connectivity index (χ4v) is 1.56. The van der Waals surface area contributed by atoms with Gasteiger partial charge in [-0.2, -0.15) is 0 Å². The van der Waals surface area contributed by atoms with Crippen LogP contribution in [0.5, 0.6) is 11.6 Å². The first-order chi connectivity index (χ1) is 7.74. The first kappa shape index (κ1) is 13.8. The molecule has 1 rings (SSSR count). The van der Waals surface area contributed by atoms with Gasteiger partial charge in [-0.25, -0.2) is 9.78 Å². The Hall–Kier alpha value is -1.26. The monoisotopic (exact) mass is 363 g/mol. The SMILES string of the molecule is COc1nc(I)c(C(=O)O)cc1OC(F)(F)F. The number of ether oxygens (including phenoxy) is 2. The van der Waals surface area contributed by atoms with Gasteiger partial charge < -0.3 is 14.6 Å². The molecule has 9 heteroatoms. The van der Waals surface area contributed by atoms with Crippen LogP contribution in [0, 0.1) is 3.70 Å². The molecule has 0 saturated carbocycles. The number of aromatic carboxylic acids is 1. The number of rotatable bonds is 3. The molecule has 0 radical (unpaired) electrons. The average molecular weight is 363 g/mol. The molecule has 0 aliphatic rings. The number of hydrogen-bond donors (Lipinski definition) is 1. The highest BCUT2D eigenvalue weighted by atomic mass is 127. The Kier molecular flexibility index (Phi) is 4.01. The molecule has 0 spiro atoms. The Labute approximate surface area is 107 Å². The fraction of sp³-hybridized carbons (Fsp3) is 0.250. The number of nitrogens with zero attached hydrogens (tertiary/aromatic N) is 1. The van der Waals surface area contributed by atoms with Gasteiger partial charge in [-0.05, 0) is 22.6 Å². The van der Waals surface area contributed by atoms with E-state index < -0.39 is 29.5 Å². The van der Waals surface area contributed by atoms with E-state index in [0.717, 1.165) is 7.11 Å². The summed E-state index contributed by atoms with van der Waals surface area (Å²) in [5, 5.41) is 8.73. The van der Waals surface area contributed by atoms with Crippen LogP contribution in [0.25, 0.3) is 0 Å². The van der Waals surface area contributed by atoms with Gasteiger partial charge in [-0.15, -0.1) is 13.2 Å². The summed E-state index contributed by atoms with van der Waals surface area (Å²) in [6.45, 7) is 0. The zero-order chi connectivity index (χ0) is 13.2. The summed E-state index contributed by atoms with van der Waals surface area (Å²) in [7, 11) is 1.10. The predicted octanol–water partition coefficient (Wildman–Crippen LogP) is 2.29. The minimum atomic E-state index is -4.95. The third kappa shape index (κ3) is 3.61. The van der Waals surface area contributed by atoms with Gasteiger partial charge in [0.15, 0.2) is 5.75 Å². The summed E-state index contributed by atoms with van der Waals surface area (Å²) >= 11 is 1.57. The van der Waals surface area contributed by atoms with Crippen LogP contribution in [0.15, 0.2) is 6.07 Å². The molecule has 0 amide bonds. The lowest BCUT2D eigenvalue weighted by molar-refractivity contribution is -0.275. The van der Waals surface area contributed by atoms with Crippen LogP contribution in [0.2, 0.25) is 0 Å². The average Bonchev–Trinajstić information content (AvgIpc) is 2.17. The molecule has 5 nitrogen and oxygen atoms in total. The molecule has 1 N–H and O–H groups in total. The number of carbonyl (C=O) groups is 1. The summed E-state index contributed by atoms with van der Waals surface area (Å²) < 4.78 is 44.3. The van der Waals surface area contributed by atoms with Gasteiger partial charge in [0.1, 0.15) is 3.70 Å². The molecular weight excluding hydrogens is 358 g/mol. The molecule has 1 aromatic heterocycles. The molecule has 0 saturated heterocycles. The molecule has 0 atom stereocenters. The van der Waals surface area contributed by atoms with Gasteiger partial charge in [0.25, 0.3) is 5.88 Å². The second-order valence-corrected chi connectivity index (χ2v) is 3.71. The first-order valence-corrected chi connectivity index (χ1v) is 5.06. The molecule has 0 bridgehead atoms. The first-order valence-electron chi connectivity index (χ1n) is 3.98. The van der Waals surface area contributed by atoms with Crippen molar-refractivity contribution in [2.75, 3.05) is 7.11 Å². The van der Waals surface area contributed by atoms with E-state index in [2.05, 4.69) is 14.5 Å². The maximum Gasteiger partial charge on any atom is 0.573 e. The number of methoxy groups -OCH3 is 1. The Balaban J connectivity index is 3.26. The number of carboxylic acid groups (broad SMARTS) is 1. The van der Waals surface area contributed by atoms with Gasteiger partial charge in [-0.1, -0.05) is 0 Å². The Morgan fingerprint density at radius 1 is 1.53 bits per heavy atom. The maximum atomic E-state index is 12.0. The molecule has 0 aliphatic carbocycles. The van der Waals surface area contributed by atoms with E-state index in [1.807, 2.05) is 0 Å². The highest BCUT2D eigenvalue weighted by Crippen LogP contribution is 2.32. The molecule has 94 valence electrons. The van der Waals surface area contributed by atoms with Crippen molar-refractivity contribution in [2.24, 2.45) is 0 Å². The number of hydrogen-bond acceptors (Lipinski definition) is 4. The van der Waals surface area contributed by atoms with E-state index in [1.54, 1.807) is 22.6 Å². The quantitative estimate of drug-likeness (QED) is 0.660. The number of pyridine rings is 1. The Bertz CT molecular complexity index is 449. The number of halogens is 4. The smallest absolute Gasteiger partial charge is 0.478 e. The number of carboxylic acids is 1. The van der Waals surface area contributed by atoms with Gasteiger partial charge in [-0.3, -0.25) is 0 Å². The van der Waals surface area contributed by atoms with Crippen molar-refractivity contribution in [1.29, 1.82) is 0 Å². The number of alkyl halides is 3. The Morgan fingerprint density at radius 2 is 2.12 bits per heavy atom. The summed E-state index contributed by atoms with van der Waals surface area (Å²) in [5.41, 5.74) is -0.398. The van der Waals surface area contributed by atoms with Crippen molar-refractivity contribution in [3.63, 3.8) is 0 Å². The second kappa shape index (κ2) is 4.94. The van der Waals surface area contributed by atoms with Crippen LogP contribution in [0.3, 0.4) is 0 Å². The Morgan fingerprint density at radius 3 is 2.53 bits per heavy atom. The van der Waals surface area contributed by atoms with Crippen molar-refractivity contribution < 1.29 is 32.5 Å². The molecule has 1 aromatic rings. The highest BCUT2D eigenvalue weighted by Gasteiger charge is 2.33. The molecule has 0 aromatic carbocycles. The van der Waals surface area contributed by atoms with Crippen LogP contribution >= 0.6 is 22.6 Å². The highest BCUT2D eigenvalue weighted by molar-refractivity contribution is 14.1. The molecule has 0 fully saturated rings. The van der Waals surface area contributed by atoms with E-state index in [-0.39, 0.29) is 3.70 Å². The normalized spacial score (nSPS) is 11.1.